The predicted molar refractivity (Wildman–Crippen MR) is 341 cm³/mol. The van der Waals surface area contributed by atoms with Crippen LogP contribution in [0.5, 0.6) is 11.5 Å². The van der Waals surface area contributed by atoms with E-state index in [1.54, 1.807) is 129 Å². The van der Waals surface area contributed by atoms with E-state index in [1.165, 1.54) is 49.1 Å². The second kappa shape index (κ2) is 31.9. The number of nitrogens with zero attached hydrogens (tertiary/aromatic N) is 7. The molecule has 451 valence electrons. The highest BCUT2D eigenvalue weighted by molar-refractivity contribution is 6.37. The Bertz CT molecular complexity index is 4330. The van der Waals surface area contributed by atoms with Crippen molar-refractivity contribution >= 4 is 121 Å². The summed E-state index contributed by atoms with van der Waals surface area (Å²) in [6.07, 6.45) is 9.34. The highest BCUT2D eigenvalue weighted by Crippen LogP contribution is 2.38. The number of hydrogen-bond acceptors (Lipinski definition) is 18. The van der Waals surface area contributed by atoms with Gasteiger partial charge in [0.1, 0.15) is 17.7 Å². The fourth-order valence-corrected chi connectivity index (χ4v) is 9.19. The first-order valence-corrected chi connectivity index (χ1v) is 27.6. The second-order valence-electron chi connectivity index (χ2n) is 18.5. The van der Waals surface area contributed by atoms with E-state index in [2.05, 4.69) is 62.7 Å². The minimum Gasteiger partial charge on any atom is -0.527 e. The smallest absolute Gasteiger partial charge is 0.392 e. The number of amides is 2. The third-order valence-corrected chi connectivity index (χ3v) is 13.9. The van der Waals surface area contributed by atoms with Crippen LogP contribution in [0.3, 0.4) is 0 Å². The number of anilines is 5. The highest BCUT2D eigenvalue weighted by atomic mass is 35.5. The van der Waals surface area contributed by atoms with Gasteiger partial charge >= 0.3 is 8.05 Å². The molecular formula is C63H43B2Cl4F2N12O8. The number of rotatable bonds is 16. The van der Waals surface area contributed by atoms with Crippen LogP contribution in [-0.2, 0) is 4.65 Å². The van der Waals surface area contributed by atoms with Gasteiger partial charge in [0, 0.05) is 124 Å². The molecule has 0 bridgehead atoms. The maximum absolute atomic E-state index is 14.1. The molecule has 0 aliphatic heterocycles. The fraction of sp³-hybridized carbons (Fsp3) is 0.0476. The maximum atomic E-state index is 14.1. The SMILES string of the molecule is C[C@@H](Oc1cc(C(=O)Nc2ccc(C(=O)c3ccncc3)cc2)nnc1N)c1c(Cl)ccc(F)c1Cl.Nc1ccc(C(=O)c2ccncc2)cc1.[B].[B]OC#C[C@@H](Oc1cc(C(=O)Nc2ccc(C(=O)c3ccncc3)cc2)nnc1N)c1c(Cl)ccc(F)c1Cl. The molecule has 2 atom stereocenters. The molecule has 0 aliphatic rings. The Kier molecular flexibility index (Phi) is 23.7. The number of nitrogen functional groups attached to an aromatic ring is 3. The van der Waals surface area contributed by atoms with Gasteiger partial charge in [0.05, 0.1) is 21.2 Å². The standard InChI is InChI=1S/C26H15BCl2FN5O4.C25H18Cl2FN5O3.C12H10N2O.B/c27-38-12-9-20(22-17(28)5-6-18(30)23(22)29)39-21-13-19(34-35-25(21)31)26(37)33-16-3-1-14(2-4-16)24(36)15-7-10-32-11-8-15;1-13(21-17(26)6-7-18(28)22(21)27)36-20-12-19(32-33-24(20)29)25(35)31-16-4-2-14(3-5-16)23(34)15-8-10-30-11-9-15;13-11-3-1-9(2-4-11)12(15)10-5-7-14-8-6-10;/h1-8,10-11,13,20H,(H2,31,35)(H,33,37);2-13H,1H3,(H2,29,33)(H,31,35);1-8H,13H2;/t20-;13-;;/m11../s1. The summed E-state index contributed by atoms with van der Waals surface area (Å²) in [6, 6.07) is 36.7. The van der Waals surface area contributed by atoms with Gasteiger partial charge in [-0.2, -0.15) is 0 Å². The zero-order valence-electron chi connectivity index (χ0n) is 47.0. The molecule has 91 heavy (non-hydrogen) atoms. The Hall–Kier alpha value is -10.8. The molecule has 5 aromatic heterocycles. The second-order valence-corrected chi connectivity index (χ2v) is 20.0. The Morgan fingerprint density at radius 2 is 0.846 bits per heavy atom. The van der Waals surface area contributed by atoms with Crippen LogP contribution in [0.15, 0.2) is 183 Å². The molecule has 28 heteroatoms. The molecule has 8 N–H and O–H groups in total. The monoisotopic (exact) mass is 1300 g/mol. The van der Waals surface area contributed by atoms with Crippen LogP contribution in [-0.4, -0.2) is 81.0 Å². The van der Waals surface area contributed by atoms with Crippen LogP contribution in [0.25, 0.3) is 0 Å². The molecule has 10 rings (SSSR count). The number of halogens is 6. The number of carbonyl (C=O) groups excluding carboxylic acids is 5. The number of carbonyl (C=O) groups is 5. The number of pyridine rings is 3. The van der Waals surface area contributed by atoms with Crippen molar-refractivity contribution in [3.8, 4) is 23.5 Å². The van der Waals surface area contributed by atoms with E-state index in [0.717, 1.165) is 12.1 Å². The number of ketones is 3. The lowest BCUT2D eigenvalue weighted by Gasteiger charge is -2.19. The van der Waals surface area contributed by atoms with Gasteiger partial charge in [-0.05, 0) is 146 Å². The summed E-state index contributed by atoms with van der Waals surface area (Å²) >= 11 is 24.5. The zero-order valence-corrected chi connectivity index (χ0v) is 50.0. The van der Waals surface area contributed by atoms with E-state index in [0.29, 0.717) is 50.4 Å². The normalized spacial score (nSPS) is 10.9. The summed E-state index contributed by atoms with van der Waals surface area (Å²) in [4.78, 5) is 74.2. The lowest BCUT2D eigenvalue weighted by Crippen LogP contribution is -2.16. The zero-order chi connectivity index (χ0) is 64.4. The van der Waals surface area contributed by atoms with Crippen LogP contribution in [0.2, 0.25) is 20.1 Å². The Labute approximate surface area is 540 Å². The number of nitrogens with one attached hydrogen (secondary N) is 2. The molecule has 0 fully saturated rings. The number of benzene rings is 5. The van der Waals surface area contributed by atoms with E-state index in [1.807, 2.05) is 0 Å². The molecule has 0 spiro atoms. The number of ether oxygens (including phenoxy) is 2. The molecule has 2 amide bonds. The van der Waals surface area contributed by atoms with Crippen molar-refractivity contribution < 1.29 is 46.9 Å². The van der Waals surface area contributed by atoms with E-state index in [-0.39, 0.29) is 91.5 Å². The van der Waals surface area contributed by atoms with Gasteiger partial charge < -0.3 is 42.0 Å². The van der Waals surface area contributed by atoms with Crippen LogP contribution in [0.4, 0.5) is 37.5 Å². The van der Waals surface area contributed by atoms with Crippen molar-refractivity contribution in [3.63, 3.8) is 0 Å². The average molecular weight is 1300 g/mol. The fourth-order valence-electron chi connectivity index (χ4n) is 7.95. The van der Waals surface area contributed by atoms with Crippen molar-refractivity contribution in [2.24, 2.45) is 0 Å². The minimum absolute atomic E-state index is 0. The van der Waals surface area contributed by atoms with Gasteiger partial charge in [0.2, 0.25) is 0 Å². The first kappa shape index (κ1) is 67.7. The van der Waals surface area contributed by atoms with Crippen molar-refractivity contribution in [2.45, 2.75) is 19.1 Å². The average Bonchev–Trinajstić information content (AvgIpc) is 0.940. The third kappa shape index (κ3) is 17.7. The maximum Gasteiger partial charge on any atom is 0.392 e. The Morgan fingerprint density at radius 1 is 0.495 bits per heavy atom. The van der Waals surface area contributed by atoms with Gasteiger partial charge in [-0.3, -0.25) is 38.9 Å². The number of hydrogen-bond donors (Lipinski definition) is 5. The Balaban J connectivity index is 0.000000209. The third-order valence-electron chi connectivity index (χ3n) is 12.5. The van der Waals surface area contributed by atoms with Crippen molar-refractivity contribution in [1.29, 1.82) is 0 Å². The largest absolute Gasteiger partial charge is 0.527 e. The van der Waals surface area contributed by atoms with Gasteiger partial charge in [0.15, 0.2) is 58.0 Å². The lowest BCUT2D eigenvalue weighted by molar-refractivity contribution is 0.101. The van der Waals surface area contributed by atoms with Gasteiger partial charge in [0.25, 0.3) is 11.8 Å². The molecule has 5 heterocycles. The molecule has 20 nitrogen and oxygen atoms in total. The van der Waals surface area contributed by atoms with Crippen molar-refractivity contribution in [3.05, 3.63) is 270 Å². The summed E-state index contributed by atoms with van der Waals surface area (Å²) in [6.45, 7) is 1.60. The van der Waals surface area contributed by atoms with Crippen LogP contribution >= 0.6 is 46.4 Å². The summed E-state index contributed by atoms with van der Waals surface area (Å²) in [5.41, 5.74) is 21.8. The molecule has 0 saturated heterocycles. The van der Waals surface area contributed by atoms with Crippen molar-refractivity contribution in [2.75, 3.05) is 27.8 Å². The van der Waals surface area contributed by atoms with E-state index >= 15 is 0 Å². The molecule has 0 saturated carbocycles. The van der Waals surface area contributed by atoms with Gasteiger partial charge in [-0.25, -0.2) is 8.78 Å². The first-order valence-electron chi connectivity index (χ1n) is 26.0. The van der Waals surface area contributed by atoms with Crippen LogP contribution in [0.1, 0.15) is 99.0 Å². The molecule has 0 unspecified atom stereocenters. The molecule has 5 radical (unpaired) electrons. The van der Waals surface area contributed by atoms with E-state index < -0.39 is 35.7 Å². The van der Waals surface area contributed by atoms with Gasteiger partial charge in [-0.1, -0.05) is 46.4 Å². The van der Waals surface area contributed by atoms with E-state index in [4.69, 9.17) is 81.1 Å². The molecule has 5 aromatic carbocycles. The number of aromatic nitrogens is 7. The molecule has 0 aliphatic carbocycles. The summed E-state index contributed by atoms with van der Waals surface area (Å²) in [7, 11) is 4.99. The minimum atomic E-state index is -1.31. The lowest BCUT2D eigenvalue weighted by atomic mass is 10.0. The highest BCUT2D eigenvalue weighted by Gasteiger charge is 2.25. The quantitative estimate of drug-likeness (QED) is 0.0197. The predicted octanol–water partition coefficient (Wildman–Crippen LogP) is 11.6. The van der Waals surface area contributed by atoms with E-state index in [9.17, 15) is 32.8 Å². The summed E-state index contributed by atoms with van der Waals surface area (Å²) in [5.74, 6) is -0.923. The molecular weight excluding hydrogens is 1250 g/mol. The molecule has 10 aromatic rings. The van der Waals surface area contributed by atoms with Crippen LogP contribution in [0, 0.1) is 23.7 Å². The number of nitrogens with two attached hydrogens (primary N) is 3. The topological polar surface area (TPSA) is 305 Å². The van der Waals surface area contributed by atoms with Crippen molar-refractivity contribution in [1.82, 2.24) is 35.3 Å². The van der Waals surface area contributed by atoms with Gasteiger partial charge in [-0.15, -0.1) is 20.4 Å². The van der Waals surface area contributed by atoms with Crippen LogP contribution < -0.4 is 37.3 Å². The summed E-state index contributed by atoms with van der Waals surface area (Å²) < 4.78 is 43.9. The first-order chi connectivity index (χ1) is 43.3. The summed E-state index contributed by atoms with van der Waals surface area (Å²) in [5, 5.41) is 20.2. The Morgan fingerprint density at radius 3 is 1.24 bits per heavy atom.